The van der Waals surface area contributed by atoms with E-state index in [1.165, 1.54) is 0 Å². The van der Waals surface area contributed by atoms with Crippen molar-refractivity contribution in [3.05, 3.63) is 89.5 Å². The lowest BCUT2D eigenvalue weighted by molar-refractivity contribution is -0.136. The maximum atomic E-state index is 12.1. The Kier molecular flexibility index (Phi) is 6.47. The lowest BCUT2D eigenvalue weighted by atomic mass is 10.1. The van der Waals surface area contributed by atoms with Crippen LogP contribution in [0.2, 0.25) is 0 Å². The van der Waals surface area contributed by atoms with Gasteiger partial charge in [0.25, 0.3) is 0 Å². The molecule has 0 aromatic heterocycles. The largest absolute Gasteiger partial charge is 0.493 e. The Hall–Kier alpha value is -3.53. The molecule has 0 bridgehead atoms. The normalized spacial score (nSPS) is 10.6. The number of hydrogen-bond acceptors (Lipinski definition) is 4. The van der Waals surface area contributed by atoms with Crippen molar-refractivity contribution in [3.8, 4) is 17.2 Å². The van der Waals surface area contributed by atoms with Gasteiger partial charge in [0.1, 0.15) is 5.75 Å². The maximum Gasteiger partial charge on any atom is 0.349 e. The van der Waals surface area contributed by atoms with E-state index >= 15 is 0 Å². The lowest BCUT2D eigenvalue weighted by Gasteiger charge is -2.11. The van der Waals surface area contributed by atoms with Crippen molar-refractivity contribution in [1.29, 1.82) is 0 Å². The van der Waals surface area contributed by atoms with Crippen LogP contribution in [0.5, 0.6) is 17.2 Å². The first-order chi connectivity index (χ1) is 13.6. The Balaban J connectivity index is 1.62. The molecule has 0 fully saturated rings. The van der Waals surface area contributed by atoms with E-state index in [1.807, 2.05) is 85.8 Å². The van der Waals surface area contributed by atoms with Gasteiger partial charge >= 0.3 is 5.97 Å². The number of carbonyl (C=O) groups excluding carboxylic acids is 1. The molecule has 3 rings (SSSR count). The Labute approximate surface area is 165 Å². The smallest absolute Gasteiger partial charge is 0.349 e. The molecule has 0 aliphatic carbocycles. The molecule has 3 aromatic rings. The average molecular weight is 374 g/mol. The van der Waals surface area contributed by atoms with Crippen LogP contribution in [0.25, 0.3) is 12.2 Å². The minimum atomic E-state index is -0.494. The number of rotatable bonds is 7. The Morgan fingerprint density at radius 2 is 1.57 bits per heavy atom. The first-order valence-corrected chi connectivity index (χ1v) is 8.95. The van der Waals surface area contributed by atoms with Gasteiger partial charge in [0.15, 0.2) is 18.1 Å². The van der Waals surface area contributed by atoms with Gasteiger partial charge in [-0.3, -0.25) is 0 Å². The van der Waals surface area contributed by atoms with E-state index in [0.29, 0.717) is 17.2 Å². The molecule has 0 amide bonds. The molecule has 0 unspecified atom stereocenters. The summed E-state index contributed by atoms with van der Waals surface area (Å²) in [6.07, 6.45) is 3.99. The molecule has 0 saturated heterocycles. The van der Waals surface area contributed by atoms with Gasteiger partial charge < -0.3 is 14.2 Å². The maximum absolute atomic E-state index is 12.1. The van der Waals surface area contributed by atoms with Gasteiger partial charge in [-0.1, -0.05) is 66.2 Å². The molecule has 0 saturated carbocycles. The van der Waals surface area contributed by atoms with Crippen molar-refractivity contribution in [2.45, 2.75) is 6.92 Å². The summed E-state index contributed by atoms with van der Waals surface area (Å²) in [6, 6.07) is 22.9. The van der Waals surface area contributed by atoms with E-state index in [0.717, 1.165) is 16.7 Å². The highest BCUT2D eigenvalue weighted by Gasteiger charge is 2.11. The summed E-state index contributed by atoms with van der Waals surface area (Å²) in [4.78, 5) is 12.1. The zero-order valence-electron chi connectivity index (χ0n) is 15.9. The molecule has 0 aliphatic heterocycles. The predicted molar refractivity (Wildman–Crippen MR) is 111 cm³/mol. The van der Waals surface area contributed by atoms with Gasteiger partial charge in [-0.15, -0.1) is 0 Å². The fourth-order valence-corrected chi connectivity index (χ4v) is 2.56. The second-order valence-electron chi connectivity index (χ2n) is 6.23. The van der Waals surface area contributed by atoms with E-state index in [1.54, 1.807) is 13.2 Å². The summed E-state index contributed by atoms with van der Waals surface area (Å²) in [5.41, 5.74) is 3.17. The molecule has 0 spiro atoms. The third-order valence-corrected chi connectivity index (χ3v) is 4.06. The van der Waals surface area contributed by atoms with Crippen LogP contribution in [0.1, 0.15) is 16.7 Å². The zero-order valence-corrected chi connectivity index (χ0v) is 15.9. The zero-order chi connectivity index (χ0) is 19.8. The molecule has 4 heteroatoms. The molecule has 142 valence electrons. The van der Waals surface area contributed by atoms with E-state index in [4.69, 9.17) is 14.2 Å². The van der Waals surface area contributed by atoms with E-state index in [2.05, 4.69) is 0 Å². The van der Waals surface area contributed by atoms with Gasteiger partial charge in [-0.25, -0.2) is 4.79 Å². The van der Waals surface area contributed by atoms with Crippen molar-refractivity contribution >= 4 is 18.1 Å². The third-order valence-electron chi connectivity index (χ3n) is 4.06. The molecule has 0 heterocycles. The topological polar surface area (TPSA) is 44.8 Å². The number of benzene rings is 3. The Bertz CT molecular complexity index is 944. The van der Waals surface area contributed by atoms with Crippen molar-refractivity contribution in [2.24, 2.45) is 0 Å². The Morgan fingerprint density at radius 1 is 0.857 bits per heavy atom. The minimum absolute atomic E-state index is 0.179. The van der Waals surface area contributed by atoms with Crippen molar-refractivity contribution in [1.82, 2.24) is 0 Å². The molecule has 0 N–H and O–H groups in total. The average Bonchev–Trinajstić information content (AvgIpc) is 2.73. The van der Waals surface area contributed by atoms with Gasteiger partial charge in [0, 0.05) is 0 Å². The highest BCUT2D eigenvalue weighted by molar-refractivity contribution is 5.76. The summed E-state index contributed by atoms with van der Waals surface area (Å²) in [5.74, 6) is 0.970. The second-order valence-corrected chi connectivity index (χ2v) is 6.23. The molecule has 0 aliphatic rings. The molecule has 3 aromatic carbocycles. The minimum Gasteiger partial charge on any atom is -0.493 e. The molecule has 28 heavy (non-hydrogen) atoms. The first kappa shape index (κ1) is 19.2. The van der Waals surface area contributed by atoms with Crippen molar-refractivity contribution in [3.63, 3.8) is 0 Å². The highest BCUT2D eigenvalue weighted by atomic mass is 16.6. The van der Waals surface area contributed by atoms with E-state index in [9.17, 15) is 4.79 Å². The summed E-state index contributed by atoms with van der Waals surface area (Å²) in [5, 5.41) is 0. The quantitative estimate of drug-likeness (QED) is 0.326. The van der Waals surface area contributed by atoms with E-state index in [-0.39, 0.29) is 6.61 Å². The summed E-state index contributed by atoms with van der Waals surface area (Å²) in [6.45, 7) is 1.81. The summed E-state index contributed by atoms with van der Waals surface area (Å²) < 4.78 is 16.2. The fraction of sp³-hybridized carbons (Fsp3) is 0.125. The van der Waals surface area contributed by atoms with Crippen LogP contribution in [0, 0.1) is 6.92 Å². The molecule has 0 radical (unpaired) electrons. The monoisotopic (exact) mass is 374 g/mol. The van der Waals surface area contributed by atoms with E-state index < -0.39 is 5.97 Å². The number of hydrogen-bond donors (Lipinski definition) is 0. The van der Waals surface area contributed by atoms with Gasteiger partial charge in [-0.05, 0) is 42.3 Å². The molecule has 4 nitrogen and oxygen atoms in total. The third kappa shape index (κ3) is 5.48. The van der Waals surface area contributed by atoms with Gasteiger partial charge in [0.05, 0.1) is 7.11 Å². The van der Waals surface area contributed by atoms with Gasteiger partial charge in [0.2, 0.25) is 0 Å². The number of ether oxygens (including phenoxy) is 3. The second kappa shape index (κ2) is 9.42. The van der Waals surface area contributed by atoms with Crippen LogP contribution < -0.4 is 14.2 Å². The molecular weight excluding hydrogens is 352 g/mol. The highest BCUT2D eigenvalue weighted by Crippen LogP contribution is 2.29. The van der Waals surface area contributed by atoms with Crippen LogP contribution in [-0.4, -0.2) is 19.7 Å². The number of carbonyl (C=O) groups is 1. The van der Waals surface area contributed by atoms with Crippen LogP contribution in [0.4, 0.5) is 0 Å². The molecular formula is C24H22O4. The number of esters is 1. The van der Waals surface area contributed by atoms with Crippen LogP contribution in [0.15, 0.2) is 72.8 Å². The van der Waals surface area contributed by atoms with Crippen molar-refractivity contribution < 1.29 is 19.0 Å². The van der Waals surface area contributed by atoms with Crippen molar-refractivity contribution in [2.75, 3.05) is 13.7 Å². The Morgan fingerprint density at radius 3 is 2.29 bits per heavy atom. The number of methoxy groups -OCH3 is 1. The lowest BCUT2D eigenvalue weighted by Crippen LogP contribution is -2.18. The first-order valence-electron chi connectivity index (χ1n) is 8.95. The SMILES string of the molecule is COc1cc(C=Cc2ccccc2)ccc1OC(=O)COc1ccc(C)cc1. The van der Waals surface area contributed by atoms with Crippen LogP contribution in [-0.2, 0) is 4.79 Å². The fourth-order valence-electron chi connectivity index (χ4n) is 2.56. The standard InChI is InChI=1S/C24H22O4/c1-18-8-13-21(14-9-18)27-17-24(25)28-22-15-12-20(16-23(22)26-2)11-10-19-6-4-3-5-7-19/h3-16H,17H2,1-2H3. The van der Waals surface area contributed by atoms with Crippen LogP contribution >= 0.6 is 0 Å². The molecule has 0 atom stereocenters. The summed E-state index contributed by atoms with van der Waals surface area (Å²) >= 11 is 0. The predicted octanol–water partition coefficient (Wildman–Crippen LogP) is 5.16. The van der Waals surface area contributed by atoms with Gasteiger partial charge in [-0.2, -0.15) is 0 Å². The number of aryl methyl sites for hydroxylation is 1. The van der Waals surface area contributed by atoms with Crippen LogP contribution in [0.3, 0.4) is 0 Å². The summed E-state index contributed by atoms with van der Waals surface area (Å²) in [7, 11) is 1.54.